The van der Waals surface area contributed by atoms with E-state index in [1.807, 2.05) is 0 Å². The van der Waals surface area contributed by atoms with Crippen molar-refractivity contribution in [1.29, 1.82) is 10.5 Å². The number of nitrogens with zero attached hydrogens (tertiary/aromatic N) is 4. The van der Waals surface area contributed by atoms with Gasteiger partial charge in [-0.15, -0.1) is 0 Å². The minimum Gasteiger partial charge on any atom is -0.227 e. The number of hydrogen-bond donors (Lipinski definition) is 0. The first-order valence-electron chi connectivity index (χ1n) is 3.58. The molecule has 0 N–H and O–H groups in total. The highest BCUT2D eigenvalue weighted by molar-refractivity contribution is 5.23. The van der Waals surface area contributed by atoms with Crippen molar-refractivity contribution < 1.29 is 22.0 Å². The van der Waals surface area contributed by atoms with Crippen molar-refractivity contribution in [1.82, 2.24) is 9.55 Å². The van der Waals surface area contributed by atoms with Gasteiger partial charge < -0.3 is 0 Å². The predicted octanol–water partition coefficient (Wildman–Crippen LogP) is 1.74. The van der Waals surface area contributed by atoms with Gasteiger partial charge in [-0.25, -0.2) is 9.55 Å². The molecule has 16 heavy (non-hydrogen) atoms. The summed E-state index contributed by atoms with van der Waals surface area (Å²) in [7, 11) is 0. The summed E-state index contributed by atoms with van der Waals surface area (Å²) in [5.74, 6) is -6.03. The van der Waals surface area contributed by atoms with Crippen LogP contribution in [0.1, 0.15) is 11.5 Å². The van der Waals surface area contributed by atoms with Crippen molar-refractivity contribution in [2.75, 3.05) is 0 Å². The molecule has 0 fully saturated rings. The van der Waals surface area contributed by atoms with E-state index >= 15 is 0 Å². The molecular formula is C7HF5N4. The number of hydrogen-bond acceptors (Lipinski definition) is 3. The molecule has 0 aliphatic heterocycles. The molecule has 9 heteroatoms. The quantitative estimate of drug-likeness (QED) is 0.697. The maximum absolute atomic E-state index is 12.7. The average molecular weight is 236 g/mol. The van der Waals surface area contributed by atoms with Gasteiger partial charge in [0, 0.05) is 0 Å². The third-order valence-corrected chi connectivity index (χ3v) is 1.59. The molecule has 0 aromatic carbocycles. The Hall–Kier alpha value is -2.16. The molecule has 0 saturated heterocycles. The second kappa shape index (κ2) is 3.45. The average Bonchev–Trinajstić information content (AvgIpc) is 2.59. The zero-order chi connectivity index (χ0) is 12.6. The zero-order valence-electron chi connectivity index (χ0n) is 7.26. The van der Waals surface area contributed by atoms with Gasteiger partial charge in [0.2, 0.25) is 5.82 Å². The second-order valence-corrected chi connectivity index (χ2v) is 2.60. The minimum absolute atomic E-state index is 0.173. The van der Waals surface area contributed by atoms with E-state index < -0.39 is 23.6 Å². The van der Waals surface area contributed by atoms with Gasteiger partial charge in [-0.3, -0.25) is 0 Å². The van der Waals surface area contributed by atoms with Crippen LogP contribution in [0.4, 0.5) is 22.0 Å². The van der Waals surface area contributed by atoms with E-state index in [0.717, 1.165) is 0 Å². The van der Waals surface area contributed by atoms with Crippen LogP contribution in [0.2, 0.25) is 0 Å². The lowest BCUT2D eigenvalue weighted by atomic mass is 10.2. The lowest BCUT2D eigenvalue weighted by Crippen LogP contribution is -2.34. The maximum Gasteiger partial charge on any atom is 0.459 e. The molecule has 0 atom stereocenters. The van der Waals surface area contributed by atoms with Crippen LogP contribution in [-0.4, -0.2) is 15.7 Å². The molecule has 4 nitrogen and oxygen atoms in total. The minimum atomic E-state index is -5.83. The van der Waals surface area contributed by atoms with Gasteiger partial charge in [0.25, 0.3) is 0 Å². The first kappa shape index (κ1) is 11.9. The first-order valence-corrected chi connectivity index (χ1v) is 3.58. The van der Waals surface area contributed by atoms with Crippen LogP contribution in [0, 0.1) is 22.8 Å². The zero-order valence-corrected chi connectivity index (χ0v) is 7.26. The highest BCUT2D eigenvalue weighted by Gasteiger charge is 2.60. The molecule has 0 radical (unpaired) electrons. The van der Waals surface area contributed by atoms with Gasteiger partial charge in [0.1, 0.15) is 11.8 Å². The smallest absolute Gasteiger partial charge is 0.227 e. The first-order chi connectivity index (χ1) is 7.24. The van der Waals surface area contributed by atoms with E-state index in [1.165, 1.54) is 12.3 Å². The Labute approximate surface area is 85.1 Å². The Morgan fingerprint density at radius 1 is 1.19 bits per heavy atom. The Morgan fingerprint density at radius 3 is 2.06 bits per heavy atom. The van der Waals surface area contributed by atoms with Crippen LogP contribution in [0.3, 0.4) is 0 Å². The summed E-state index contributed by atoms with van der Waals surface area (Å²) in [4.78, 5) is 2.75. The molecule has 0 amide bonds. The van der Waals surface area contributed by atoms with Gasteiger partial charge in [-0.2, -0.15) is 32.5 Å². The van der Waals surface area contributed by atoms with E-state index in [9.17, 15) is 22.0 Å². The molecule has 0 aliphatic rings. The van der Waals surface area contributed by atoms with Crippen LogP contribution in [-0.2, 0) is 5.92 Å². The lowest BCUT2D eigenvalue weighted by molar-refractivity contribution is -0.290. The largest absolute Gasteiger partial charge is 0.459 e. The van der Waals surface area contributed by atoms with Crippen LogP contribution < -0.4 is 0 Å². The number of halogens is 5. The summed E-state index contributed by atoms with van der Waals surface area (Å²) in [6.45, 7) is 0. The molecule has 1 heterocycles. The van der Waals surface area contributed by atoms with Crippen LogP contribution >= 0.6 is 0 Å². The van der Waals surface area contributed by atoms with E-state index in [-0.39, 0.29) is 10.8 Å². The summed E-state index contributed by atoms with van der Waals surface area (Å²) in [6, 6.07) is 1.22. The third-order valence-electron chi connectivity index (χ3n) is 1.59. The molecule has 84 valence electrons. The number of aromatic nitrogens is 2. The standard InChI is InChI=1S/C7HF5N4/c8-6(9,7(10,11)12)4-2-16(3-14)5(1-13)15-4/h2H. The molecule has 0 saturated carbocycles. The van der Waals surface area contributed by atoms with E-state index in [1.54, 1.807) is 0 Å². The normalized spacial score (nSPS) is 11.9. The molecule has 0 unspecified atom stereocenters. The van der Waals surface area contributed by atoms with Crippen molar-refractivity contribution in [3.05, 3.63) is 17.7 Å². The maximum atomic E-state index is 12.7. The van der Waals surface area contributed by atoms with Crippen molar-refractivity contribution >= 4 is 0 Å². The molecular weight excluding hydrogens is 235 g/mol. The molecule has 0 spiro atoms. The summed E-state index contributed by atoms with van der Waals surface area (Å²) in [6.07, 6.45) is -4.43. The molecule has 1 rings (SSSR count). The van der Waals surface area contributed by atoms with Gasteiger partial charge in [0.05, 0.1) is 6.20 Å². The van der Waals surface area contributed by atoms with Crippen LogP contribution in [0.25, 0.3) is 0 Å². The van der Waals surface area contributed by atoms with Crippen molar-refractivity contribution in [3.8, 4) is 12.3 Å². The second-order valence-electron chi connectivity index (χ2n) is 2.60. The summed E-state index contributed by atoms with van der Waals surface area (Å²) >= 11 is 0. The Balaban J connectivity index is 3.33. The number of alkyl halides is 5. The van der Waals surface area contributed by atoms with Gasteiger partial charge in [-0.05, 0) is 0 Å². The molecule has 1 aromatic rings. The number of rotatable bonds is 1. The van der Waals surface area contributed by atoms with E-state index in [2.05, 4.69) is 4.98 Å². The Morgan fingerprint density at radius 2 is 1.75 bits per heavy atom. The van der Waals surface area contributed by atoms with Crippen LogP contribution in [0.5, 0.6) is 0 Å². The fourth-order valence-electron chi connectivity index (χ4n) is 0.832. The molecule has 0 bridgehead atoms. The van der Waals surface area contributed by atoms with E-state index in [0.29, 0.717) is 0 Å². The number of nitriles is 2. The summed E-state index contributed by atoms with van der Waals surface area (Å²) < 4.78 is 61.4. The number of imidazole rings is 1. The predicted molar refractivity (Wildman–Crippen MR) is 37.9 cm³/mol. The van der Waals surface area contributed by atoms with Crippen molar-refractivity contribution in [2.24, 2.45) is 0 Å². The summed E-state index contributed by atoms with van der Waals surface area (Å²) in [5, 5.41) is 16.6. The van der Waals surface area contributed by atoms with Crippen molar-refractivity contribution in [2.45, 2.75) is 12.1 Å². The van der Waals surface area contributed by atoms with Gasteiger partial charge in [-0.1, -0.05) is 0 Å². The monoisotopic (exact) mass is 236 g/mol. The molecule has 1 aromatic heterocycles. The Bertz CT molecular complexity index is 455. The summed E-state index contributed by atoms with van der Waals surface area (Å²) in [5.41, 5.74) is -1.68. The van der Waals surface area contributed by atoms with Gasteiger partial charge >= 0.3 is 12.1 Å². The fraction of sp³-hybridized carbons (Fsp3) is 0.286. The molecule has 0 aliphatic carbocycles. The lowest BCUT2D eigenvalue weighted by Gasteiger charge is -2.16. The highest BCUT2D eigenvalue weighted by Crippen LogP contribution is 2.43. The van der Waals surface area contributed by atoms with Gasteiger partial charge in [0.15, 0.2) is 6.19 Å². The topological polar surface area (TPSA) is 65.4 Å². The van der Waals surface area contributed by atoms with Crippen LogP contribution in [0.15, 0.2) is 6.20 Å². The van der Waals surface area contributed by atoms with E-state index in [4.69, 9.17) is 10.5 Å². The fourth-order valence-corrected chi connectivity index (χ4v) is 0.832. The SMILES string of the molecule is N#Cc1nc(C(F)(F)C(F)(F)F)cn1C#N. The third kappa shape index (κ3) is 1.67. The highest BCUT2D eigenvalue weighted by atomic mass is 19.4. The van der Waals surface area contributed by atoms with Crippen molar-refractivity contribution in [3.63, 3.8) is 0 Å². The Kier molecular flexibility index (Phi) is 2.57.